The largest absolute Gasteiger partial charge is 0.333 e. The topological polar surface area (TPSA) is 57.3 Å². The zero-order valence-electron chi connectivity index (χ0n) is 10.3. The second-order valence-corrected chi connectivity index (χ2v) is 5.82. The van der Waals surface area contributed by atoms with Gasteiger partial charge in [-0.1, -0.05) is 6.07 Å². The lowest BCUT2D eigenvalue weighted by Crippen LogP contribution is -2.47. The molecule has 0 saturated carbocycles. The molecule has 96 valence electrons. The van der Waals surface area contributed by atoms with E-state index in [1.807, 2.05) is 34.9 Å². The maximum Gasteiger partial charge on any atom is 0.254 e. The van der Waals surface area contributed by atoms with Crippen LogP contribution >= 0.6 is 11.8 Å². The molecule has 1 aliphatic heterocycles. The summed E-state index contributed by atoms with van der Waals surface area (Å²) in [6.07, 6.45) is 4.41. The highest BCUT2D eigenvalue weighted by molar-refractivity contribution is 7.99. The van der Waals surface area contributed by atoms with Gasteiger partial charge < -0.3 is 9.72 Å². The van der Waals surface area contributed by atoms with Crippen molar-refractivity contribution in [3.63, 3.8) is 0 Å². The van der Waals surface area contributed by atoms with Crippen LogP contribution in [0, 0.1) is 11.3 Å². The molecule has 2 aromatic heterocycles. The standard InChI is InChI=1S/C14H13N3OS/c15-9-14(4-6-19-10-14)16-13(18)11-7-12-3-1-2-5-17(12)8-11/h1-3,5,7-8H,4,6,10H2,(H,16,18). The number of carbonyl (C=O) groups is 1. The number of fused-ring (bicyclic) bond motifs is 1. The Morgan fingerprint density at radius 3 is 3.11 bits per heavy atom. The second-order valence-electron chi connectivity index (χ2n) is 4.71. The zero-order chi connectivity index (χ0) is 13.3. The molecule has 0 radical (unpaired) electrons. The van der Waals surface area contributed by atoms with Gasteiger partial charge in [0.25, 0.3) is 5.91 Å². The van der Waals surface area contributed by atoms with Gasteiger partial charge >= 0.3 is 0 Å². The third kappa shape index (κ3) is 2.20. The van der Waals surface area contributed by atoms with Crippen LogP contribution in [0.1, 0.15) is 16.8 Å². The Kier molecular flexibility index (Phi) is 2.96. The van der Waals surface area contributed by atoms with E-state index >= 15 is 0 Å². The van der Waals surface area contributed by atoms with Crippen molar-refractivity contribution in [1.29, 1.82) is 5.26 Å². The minimum absolute atomic E-state index is 0.173. The summed E-state index contributed by atoms with van der Waals surface area (Å²) < 4.78 is 1.90. The number of hydrogen-bond acceptors (Lipinski definition) is 3. The van der Waals surface area contributed by atoms with Crippen molar-refractivity contribution < 1.29 is 4.79 Å². The van der Waals surface area contributed by atoms with E-state index in [0.717, 1.165) is 11.3 Å². The van der Waals surface area contributed by atoms with Gasteiger partial charge in [0.15, 0.2) is 0 Å². The normalized spacial score (nSPS) is 22.3. The van der Waals surface area contributed by atoms with Gasteiger partial charge in [0, 0.05) is 23.7 Å². The summed E-state index contributed by atoms with van der Waals surface area (Å²) in [6.45, 7) is 0. The van der Waals surface area contributed by atoms with Crippen LogP contribution in [0.5, 0.6) is 0 Å². The number of aromatic nitrogens is 1. The van der Waals surface area contributed by atoms with Crippen molar-refractivity contribution >= 4 is 23.2 Å². The molecule has 3 rings (SSSR count). The Morgan fingerprint density at radius 1 is 1.53 bits per heavy atom. The SMILES string of the molecule is N#CC1(NC(=O)c2cc3ccccn3c2)CCSC1. The van der Waals surface area contributed by atoms with Gasteiger partial charge in [0.2, 0.25) is 0 Å². The predicted molar refractivity (Wildman–Crippen MR) is 75.1 cm³/mol. The fourth-order valence-corrected chi connectivity index (χ4v) is 3.52. The number of carbonyl (C=O) groups excluding carboxylic acids is 1. The van der Waals surface area contributed by atoms with E-state index in [2.05, 4.69) is 11.4 Å². The molecule has 19 heavy (non-hydrogen) atoms. The van der Waals surface area contributed by atoms with Crippen LogP contribution < -0.4 is 5.32 Å². The van der Waals surface area contributed by atoms with Gasteiger partial charge in [0.05, 0.1) is 11.6 Å². The summed E-state index contributed by atoms with van der Waals surface area (Å²) >= 11 is 1.71. The number of nitrogens with zero attached hydrogens (tertiary/aromatic N) is 2. The highest BCUT2D eigenvalue weighted by Gasteiger charge is 2.36. The van der Waals surface area contributed by atoms with E-state index in [1.54, 1.807) is 18.0 Å². The number of rotatable bonds is 2. The summed E-state index contributed by atoms with van der Waals surface area (Å²) in [4.78, 5) is 12.2. The first-order chi connectivity index (χ1) is 9.22. The molecule has 1 fully saturated rings. The molecule has 1 saturated heterocycles. The Balaban J connectivity index is 1.86. The van der Waals surface area contributed by atoms with E-state index in [1.165, 1.54) is 0 Å². The third-order valence-electron chi connectivity index (χ3n) is 3.36. The third-order valence-corrected chi connectivity index (χ3v) is 4.54. The molecular weight excluding hydrogens is 258 g/mol. The summed E-state index contributed by atoms with van der Waals surface area (Å²) in [5, 5.41) is 12.2. The zero-order valence-corrected chi connectivity index (χ0v) is 11.1. The predicted octanol–water partition coefficient (Wildman–Crippen LogP) is 2.07. The van der Waals surface area contributed by atoms with Gasteiger partial charge in [-0.05, 0) is 30.4 Å². The number of nitriles is 1. The van der Waals surface area contributed by atoms with Gasteiger partial charge in [-0.25, -0.2) is 0 Å². The minimum Gasteiger partial charge on any atom is -0.333 e. The average Bonchev–Trinajstić information content (AvgIpc) is 3.05. The number of pyridine rings is 1. The van der Waals surface area contributed by atoms with Gasteiger partial charge in [-0.2, -0.15) is 17.0 Å². The smallest absolute Gasteiger partial charge is 0.254 e. The number of thioether (sulfide) groups is 1. The van der Waals surface area contributed by atoms with Crippen molar-refractivity contribution in [1.82, 2.24) is 9.72 Å². The monoisotopic (exact) mass is 271 g/mol. The lowest BCUT2D eigenvalue weighted by Gasteiger charge is -2.20. The highest BCUT2D eigenvalue weighted by Crippen LogP contribution is 2.27. The molecule has 0 bridgehead atoms. The first kappa shape index (κ1) is 12.1. The molecule has 0 aromatic carbocycles. The Morgan fingerprint density at radius 2 is 2.42 bits per heavy atom. The molecule has 1 unspecified atom stereocenters. The van der Waals surface area contributed by atoms with Crippen molar-refractivity contribution in [3.05, 3.63) is 42.2 Å². The highest BCUT2D eigenvalue weighted by atomic mass is 32.2. The van der Waals surface area contributed by atoms with Gasteiger partial charge in [-0.15, -0.1) is 0 Å². The van der Waals surface area contributed by atoms with Crippen LogP contribution in [-0.4, -0.2) is 27.4 Å². The molecule has 0 spiro atoms. The summed E-state index contributed by atoms with van der Waals surface area (Å²) in [6, 6.07) is 9.88. The fourth-order valence-electron chi connectivity index (χ4n) is 2.25. The number of hydrogen-bond donors (Lipinski definition) is 1. The van der Waals surface area contributed by atoms with E-state index in [9.17, 15) is 10.1 Å². The maximum absolute atomic E-state index is 12.2. The molecular formula is C14H13N3OS. The van der Waals surface area contributed by atoms with Crippen LogP contribution in [0.2, 0.25) is 0 Å². The number of amides is 1. The van der Waals surface area contributed by atoms with Crippen LogP contribution in [0.25, 0.3) is 5.52 Å². The summed E-state index contributed by atoms with van der Waals surface area (Å²) in [5.74, 6) is 1.42. The van der Waals surface area contributed by atoms with Crippen LogP contribution in [0.4, 0.5) is 0 Å². The Bertz CT molecular complexity index is 632. The van der Waals surface area contributed by atoms with Crippen molar-refractivity contribution in [2.45, 2.75) is 12.0 Å². The molecule has 4 nitrogen and oxygen atoms in total. The number of nitrogens with one attached hydrogen (secondary N) is 1. The van der Waals surface area contributed by atoms with E-state index in [4.69, 9.17) is 0 Å². The van der Waals surface area contributed by atoms with E-state index in [0.29, 0.717) is 17.7 Å². The van der Waals surface area contributed by atoms with E-state index in [-0.39, 0.29) is 5.91 Å². The molecule has 3 heterocycles. The molecule has 1 aliphatic rings. The molecule has 2 aromatic rings. The van der Waals surface area contributed by atoms with Crippen LogP contribution in [-0.2, 0) is 0 Å². The van der Waals surface area contributed by atoms with Gasteiger partial charge in [0.1, 0.15) is 5.54 Å². The molecule has 1 N–H and O–H groups in total. The van der Waals surface area contributed by atoms with E-state index < -0.39 is 5.54 Å². The lowest BCUT2D eigenvalue weighted by molar-refractivity contribution is 0.0926. The summed E-state index contributed by atoms with van der Waals surface area (Å²) in [5.41, 5.74) is 0.868. The van der Waals surface area contributed by atoms with Crippen LogP contribution in [0.15, 0.2) is 36.7 Å². The van der Waals surface area contributed by atoms with Crippen molar-refractivity contribution in [2.75, 3.05) is 11.5 Å². The first-order valence-corrected chi connectivity index (χ1v) is 7.26. The van der Waals surface area contributed by atoms with Crippen molar-refractivity contribution in [3.8, 4) is 6.07 Å². The molecule has 1 amide bonds. The lowest BCUT2D eigenvalue weighted by atomic mass is 10.0. The van der Waals surface area contributed by atoms with Crippen molar-refractivity contribution in [2.24, 2.45) is 0 Å². The summed E-state index contributed by atoms with van der Waals surface area (Å²) in [7, 11) is 0. The maximum atomic E-state index is 12.2. The molecule has 0 aliphatic carbocycles. The second kappa shape index (κ2) is 4.63. The molecule has 5 heteroatoms. The minimum atomic E-state index is -0.699. The quantitative estimate of drug-likeness (QED) is 0.909. The Hall–Kier alpha value is -1.93. The average molecular weight is 271 g/mol. The fraction of sp³-hybridized carbons (Fsp3) is 0.286. The Labute approximate surface area is 115 Å². The van der Waals surface area contributed by atoms with Crippen LogP contribution in [0.3, 0.4) is 0 Å². The van der Waals surface area contributed by atoms with Gasteiger partial charge in [-0.3, -0.25) is 4.79 Å². The first-order valence-electron chi connectivity index (χ1n) is 6.11. The molecule has 1 atom stereocenters.